The molecule has 2 bridgehead atoms. The van der Waals surface area contributed by atoms with Crippen molar-refractivity contribution < 1.29 is 22.7 Å². The molecule has 1 saturated carbocycles. The average molecular weight is 437 g/mol. The molecule has 3 heterocycles. The lowest BCUT2D eigenvalue weighted by atomic mass is 9.82. The predicted octanol–water partition coefficient (Wildman–Crippen LogP) is 2.28. The Morgan fingerprint density at radius 2 is 1.83 bits per heavy atom. The number of carbonyl (C=O) groups excluding carboxylic acids is 1. The molecule has 0 spiro atoms. The molecule has 166 valence electrons. The van der Waals surface area contributed by atoms with Crippen LogP contribution in [0, 0.1) is 5.92 Å². The molecule has 1 unspecified atom stereocenters. The standard InChI is InChI=1S/C22H32N2O5S/c1-15-11-12-24-19(22(15)23-30(2,26)27)13-28-17-9-7-16(8-10-17)18-5-3-4-6-20(18)29-14-21(24)25/h3-6,15-17,19,22-23H,7-14H2,1-2H3/t15-,16?,17?,19?,22+/m1/s1. The van der Waals surface area contributed by atoms with Crippen LogP contribution in [0.25, 0.3) is 0 Å². The highest BCUT2D eigenvalue weighted by molar-refractivity contribution is 7.88. The first-order valence-corrected chi connectivity index (χ1v) is 12.8. The number of ether oxygens (including phenoxy) is 2. The number of benzene rings is 1. The number of amides is 1. The maximum absolute atomic E-state index is 13.1. The molecule has 3 atom stereocenters. The van der Waals surface area contributed by atoms with Crippen LogP contribution in [0.2, 0.25) is 0 Å². The van der Waals surface area contributed by atoms with E-state index in [1.165, 1.54) is 11.8 Å². The molecule has 8 heteroatoms. The molecule has 2 fully saturated rings. The van der Waals surface area contributed by atoms with Crippen LogP contribution in [-0.2, 0) is 19.6 Å². The van der Waals surface area contributed by atoms with Crippen LogP contribution in [0.15, 0.2) is 24.3 Å². The van der Waals surface area contributed by atoms with Gasteiger partial charge in [-0.1, -0.05) is 25.1 Å². The lowest BCUT2D eigenvalue weighted by molar-refractivity contribution is -0.141. The van der Waals surface area contributed by atoms with E-state index in [9.17, 15) is 13.2 Å². The summed E-state index contributed by atoms with van der Waals surface area (Å²) in [4.78, 5) is 14.9. The van der Waals surface area contributed by atoms with Gasteiger partial charge in [-0.05, 0) is 55.6 Å². The van der Waals surface area contributed by atoms with Gasteiger partial charge in [-0.3, -0.25) is 4.79 Å². The summed E-state index contributed by atoms with van der Waals surface area (Å²) in [5.41, 5.74) is 1.17. The fraction of sp³-hybridized carbons (Fsp3) is 0.682. The molecule has 0 aromatic heterocycles. The van der Waals surface area contributed by atoms with E-state index in [2.05, 4.69) is 10.8 Å². The average Bonchev–Trinajstić information content (AvgIpc) is 2.73. The van der Waals surface area contributed by atoms with Crippen molar-refractivity contribution in [3.63, 3.8) is 0 Å². The van der Waals surface area contributed by atoms with E-state index < -0.39 is 10.0 Å². The zero-order valence-corrected chi connectivity index (χ0v) is 18.6. The number of piperidine rings is 1. The zero-order chi connectivity index (χ0) is 21.3. The highest BCUT2D eigenvalue weighted by Gasteiger charge is 2.41. The number of nitrogens with zero attached hydrogens (tertiary/aromatic N) is 1. The van der Waals surface area contributed by atoms with Crippen molar-refractivity contribution in [1.82, 2.24) is 9.62 Å². The van der Waals surface area contributed by atoms with Gasteiger partial charge in [-0.15, -0.1) is 0 Å². The topological polar surface area (TPSA) is 84.9 Å². The van der Waals surface area contributed by atoms with Crippen LogP contribution in [0.3, 0.4) is 0 Å². The molecule has 1 saturated heterocycles. The van der Waals surface area contributed by atoms with Crippen molar-refractivity contribution in [3.8, 4) is 5.75 Å². The number of para-hydroxylation sites is 1. The Bertz CT molecular complexity index is 866. The van der Waals surface area contributed by atoms with E-state index in [-0.39, 0.29) is 36.6 Å². The summed E-state index contributed by atoms with van der Waals surface area (Å²) in [5, 5.41) is 0. The lowest BCUT2D eigenvalue weighted by Gasteiger charge is -2.44. The number of rotatable bonds is 2. The summed E-state index contributed by atoms with van der Waals surface area (Å²) in [6, 6.07) is 7.29. The van der Waals surface area contributed by atoms with Gasteiger partial charge in [0.05, 0.1) is 25.0 Å². The molecule has 1 N–H and O–H groups in total. The Hall–Kier alpha value is -1.64. The Morgan fingerprint density at radius 1 is 1.10 bits per heavy atom. The maximum Gasteiger partial charge on any atom is 0.260 e. The highest BCUT2D eigenvalue weighted by atomic mass is 32.2. The molecular weight excluding hydrogens is 404 g/mol. The fourth-order valence-corrected chi connectivity index (χ4v) is 6.04. The first kappa shape index (κ1) is 21.6. The third-order valence-electron chi connectivity index (χ3n) is 6.81. The van der Waals surface area contributed by atoms with Gasteiger partial charge in [0.15, 0.2) is 6.61 Å². The Balaban J connectivity index is 1.63. The minimum Gasteiger partial charge on any atom is -0.483 e. The van der Waals surface area contributed by atoms with Crippen LogP contribution >= 0.6 is 0 Å². The number of hydrogen-bond donors (Lipinski definition) is 1. The van der Waals surface area contributed by atoms with Gasteiger partial charge in [0.1, 0.15) is 5.75 Å². The Morgan fingerprint density at radius 3 is 2.57 bits per heavy atom. The van der Waals surface area contributed by atoms with E-state index in [0.717, 1.165) is 37.9 Å². The molecule has 3 aliphatic heterocycles. The summed E-state index contributed by atoms with van der Waals surface area (Å²) in [5.74, 6) is 1.18. The molecule has 1 aromatic rings. The molecule has 0 radical (unpaired) electrons. The summed E-state index contributed by atoms with van der Waals surface area (Å²) in [7, 11) is -3.41. The Kier molecular flexibility index (Phi) is 6.36. The van der Waals surface area contributed by atoms with Crippen LogP contribution in [0.1, 0.15) is 50.5 Å². The number of fused-ring (bicyclic) bond motifs is 5. The quantitative estimate of drug-likeness (QED) is 0.769. The van der Waals surface area contributed by atoms with Gasteiger partial charge < -0.3 is 14.4 Å². The third kappa shape index (κ3) is 4.81. The van der Waals surface area contributed by atoms with E-state index in [1.54, 1.807) is 4.90 Å². The molecule has 7 nitrogen and oxygen atoms in total. The van der Waals surface area contributed by atoms with Gasteiger partial charge in [-0.25, -0.2) is 13.1 Å². The normalized spacial score (nSPS) is 32.8. The molecular formula is C22H32N2O5S. The zero-order valence-electron chi connectivity index (χ0n) is 17.7. The van der Waals surface area contributed by atoms with Crippen molar-refractivity contribution in [2.45, 2.75) is 63.1 Å². The molecule has 30 heavy (non-hydrogen) atoms. The fourth-order valence-electron chi connectivity index (χ4n) is 5.15. The largest absolute Gasteiger partial charge is 0.483 e. The lowest BCUT2D eigenvalue weighted by Crippen LogP contribution is -2.62. The van der Waals surface area contributed by atoms with Crippen molar-refractivity contribution >= 4 is 15.9 Å². The monoisotopic (exact) mass is 436 g/mol. The van der Waals surface area contributed by atoms with Gasteiger partial charge in [0, 0.05) is 12.6 Å². The SMILES string of the molecule is C[C@@H]1CCN2C(=O)COc3ccccc3C3CCC(CC3)OCC2[C@H]1NS(C)(=O)=O. The van der Waals surface area contributed by atoms with Gasteiger partial charge in [0.25, 0.3) is 5.91 Å². The van der Waals surface area contributed by atoms with E-state index in [0.29, 0.717) is 19.1 Å². The summed E-state index contributed by atoms with van der Waals surface area (Å²) >= 11 is 0. The van der Waals surface area contributed by atoms with Gasteiger partial charge >= 0.3 is 0 Å². The second-order valence-corrected chi connectivity index (χ2v) is 10.7. The Labute approximate surface area is 179 Å². The van der Waals surface area contributed by atoms with Crippen LogP contribution < -0.4 is 9.46 Å². The predicted molar refractivity (Wildman–Crippen MR) is 114 cm³/mol. The minimum atomic E-state index is -3.41. The maximum atomic E-state index is 13.1. The summed E-state index contributed by atoms with van der Waals surface area (Å²) in [6.45, 7) is 2.90. The van der Waals surface area contributed by atoms with E-state index in [4.69, 9.17) is 9.47 Å². The second kappa shape index (κ2) is 8.85. The minimum absolute atomic E-state index is 0.0519. The summed E-state index contributed by atoms with van der Waals surface area (Å²) in [6.07, 6.45) is 6.00. The molecule has 4 aliphatic rings. The highest BCUT2D eigenvalue weighted by Crippen LogP contribution is 2.39. The van der Waals surface area contributed by atoms with Gasteiger partial charge in [0.2, 0.25) is 10.0 Å². The number of hydrogen-bond acceptors (Lipinski definition) is 5. The second-order valence-electron chi connectivity index (χ2n) is 8.97. The molecule has 5 rings (SSSR count). The smallest absolute Gasteiger partial charge is 0.260 e. The van der Waals surface area contributed by atoms with Crippen molar-refractivity contribution in [2.24, 2.45) is 5.92 Å². The summed E-state index contributed by atoms with van der Waals surface area (Å²) < 4.78 is 39.1. The molecule has 1 amide bonds. The van der Waals surface area contributed by atoms with Gasteiger partial charge in [-0.2, -0.15) is 0 Å². The van der Waals surface area contributed by atoms with Crippen LogP contribution in [-0.4, -0.2) is 63.4 Å². The van der Waals surface area contributed by atoms with Crippen molar-refractivity contribution in [1.29, 1.82) is 0 Å². The number of carbonyl (C=O) groups is 1. The molecule has 1 aromatic carbocycles. The van der Waals surface area contributed by atoms with Crippen LogP contribution in [0.5, 0.6) is 5.75 Å². The van der Waals surface area contributed by atoms with Crippen molar-refractivity contribution in [2.75, 3.05) is 26.0 Å². The number of sulfonamides is 1. The van der Waals surface area contributed by atoms with E-state index >= 15 is 0 Å². The third-order valence-corrected chi connectivity index (χ3v) is 7.51. The first-order valence-electron chi connectivity index (χ1n) is 10.9. The van der Waals surface area contributed by atoms with Crippen molar-refractivity contribution in [3.05, 3.63) is 29.8 Å². The van der Waals surface area contributed by atoms with E-state index in [1.807, 2.05) is 25.1 Å². The molecule has 1 aliphatic carbocycles. The van der Waals surface area contributed by atoms with Crippen LogP contribution in [0.4, 0.5) is 0 Å². The first-order chi connectivity index (χ1) is 14.3. The number of nitrogens with one attached hydrogen (secondary N) is 1.